The zero-order chi connectivity index (χ0) is 19.3. The van der Waals surface area contributed by atoms with E-state index >= 15 is 0 Å². The minimum Gasteiger partial charge on any atom is -0.495 e. The Kier molecular flexibility index (Phi) is 7.02. The molecule has 2 rings (SSSR count). The van der Waals surface area contributed by atoms with Crippen LogP contribution in [0.1, 0.15) is 30.4 Å². The van der Waals surface area contributed by atoms with Crippen LogP contribution >= 0.6 is 0 Å². The van der Waals surface area contributed by atoms with Crippen LogP contribution in [0.5, 0.6) is 5.75 Å². The topological polar surface area (TPSA) is 84.9 Å². The summed E-state index contributed by atoms with van der Waals surface area (Å²) in [5.41, 5.74) is 1.89. The molecule has 7 nitrogen and oxygen atoms in total. The van der Waals surface area contributed by atoms with Crippen molar-refractivity contribution < 1.29 is 22.7 Å². The summed E-state index contributed by atoms with van der Waals surface area (Å²) < 4.78 is 37.7. The maximum Gasteiger partial charge on any atom is 0.246 e. The molecule has 0 atom stereocenters. The van der Waals surface area contributed by atoms with Crippen LogP contribution < -0.4 is 10.1 Å². The molecule has 146 valence electrons. The van der Waals surface area contributed by atoms with Crippen molar-refractivity contribution in [1.82, 2.24) is 9.62 Å². The number of sulfonamides is 1. The van der Waals surface area contributed by atoms with E-state index in [4.69, 9.17) is 9.47 Å². The van der Waals surface area contributed by atoms with Gasteiger partial charge < -0.3 is 14.8 Å². The fraction of sp³-hybridized carbons (Fsp3) is 0.611. The smallest absolute Gasteiger partial charge is 0.246 e. The highest BCUT2D eigenvalue weighted by atomic mass is 32.2. The number of rotatable bonds is 7. The summed E-state index contributed by atoms with van der Waals surface area (Å²) >= 11 is 0. The molecule has 1 heterocycles. The van der Waals surface area contributed by atoms with Crippen molar-refractivity contribution in [3.05, 3.63) is 23.3 Å². The van der Waals surface area contributed by atoms with E-state index in [0.29, 0.717) is 44.7 Å². The molecular formula is C18H28N2O5S. The molecule has 0 aliphatic carbocycles. The largest absolute Gasteiger partial charge is 0.495 e. The van der Waals surface area contributed by atoms with Crippen LogP contribution in [-0.2, 0) is 19.6 Å². The second-order valence-electron chi connectivity index (χ2n) is 6.58. The van der Waals surface area contributed by atoms with E-state index in [1.54, 1.807) is 19.2 Å². The van der Waals surface area contributed by atoms with Crippen molar-refractivity contribution in [2.24, 2.45) is 0 Å². The summed E-state index contributed by atoms with van der Waals surface area (Å²) in [6.07, 6.45) is 1.49. The van der Waals surface area contributed by atoms with Gasteiger partial charge in [-0.1, -0.05) is 0 Å². The molecule has 26 heavy (non-hydrogen) atoms. The van der Waals surface area contributed by atoms with Gasteiger partial charge in [0.05, 0.1) is 13.7 Å². The first-order valence-electron chi connectivity index (χ1n) is 8.73. The number of hydrogen-bond acceptors (Lipinski definition) is 5. The summed E-state index contributed by atoms with van der Waals surface area (Å²) in [5, 5.41) is 2.94. The predicted molar refractivity (Wildman–Crippen MR) is 98.9 cm³/mol. The molecule has 0 spiro atoms. The first-order valence-corrected chi connectivity index (χ1v) is 10.2. The molecule has 1 aliphatic heterocycles. The molecule has 1 N–H and O–H groups in total. The van der Waals surface area contributed by atoms with Crippen LogP contribution in [0.25, 0.3) is 0 Å². The Balaban J connectivity index is 2.06. The predicted octanol–water partition coefficient (Wildman–Crippen LogP) is 1.62. The number of carbonyl (C=O) groups excluding carboxylic acids is 1. The van der Waals surface area contributed by atoms with E-state index in [-0.39, 0.29) is 16.8 Å². The monoisotopic (exact) mass is 384 g/mol. The highest BCUT2D eigenvalue weighted by molar-refractivity contribution is 7.89. The van der Waals surface area contributed by atoms with Crippen molar-refractivity contribution in [3.63, 3.8) is 0 Å². The van der Waals surface area contributed by atoms with E-state index in [0.717, 1.165) is 11.1 Å². The lowest BCUT2D eigenvalue weighted by molar-refractivity contribution is -0.122. The molecule has 1 aliphatic rings. The quantitative estimate of drug-likeness (QED) is 0.772. The number of ether oxygens (including phenoxy) is 2. The number of aryl methyl sites for hydroxylation is 2. The van der Waals surface area contributed by atoms with Gasteiger partial charge in [-0.3, -0.25) is 4.79 Å². The Labute approximate surface area is 155 Å². The molecule has 1 aromatic carbocycles. The van der Waals surface area contributed by atoms with Gasteiger partial charge in [-0.15, -0.1) is 0 Å². The van der Waals surface area contributed by atoms with Gasteiger partial charge in [-0.05, 0) is 49.9 Å². The third kappa shape index (κ3) is 4.75. The number of piperidine rings is 1. The number of amides is 1. The minimum atomic E-state index is -3.63. The van der Waals surface area contributed by atoms with Gasteiger partial charge in [0.25, 0.3) is 0 Å². The molecule has 0 saturated carbocycles. The zero-order valence-electron chi connectivity index (χ0n) is 15.9. The maximum absolute atomic E-state index is 13.0. The van der Waals surface area contributed by atoms with Crippen molar-refractivity contribution in [1.29, 1.82) is 0 Å². The molecule has 1 aromatic rings. The van der Waals surface area contributed by atoms with E-state index in [2.05, 4.69) is 5.32 Å². The number of nitrogens with one attached hydrogen (secondary N) is 1. The zero-order valence-corrected chi connectivity index (χ0v) is 16.7. The maximum atomic E-state index is 13.0. The first kappa shape index (κ1) is 20.7. The van der Waals surface area contributed by atoms with Gasteiger partial charge in [0.2, 0.25) is 15.9 Å². The van der Waals surface area contributed by atoms with E-state index in [9.17, 15) is 13.2 Å². The SMILES string of the molecule is COCCC(=O)NC1CCN(S(=O)(=O)c2cc(C)c(C)cc2OC)CC1. The molecule has 0 unspecified atom stereocenters. The van der Waals surface area contributed by atoms with Crippen molar-refractivity contribution in [3.8, 4) is 5.75 Å². The van der Waals surface area contributed by atoms with E-state index in [1.807, 2.05) is 13.8 Å². The highest BCUT2D eigenvalue weighted by Crippen LogP contribution is 2.31. The molecule has 0 aromatic heterocycles. The Bertz CT molecular complexity index is 740. The molecule has 1 amide bonds. The molecule has 1 saturated heterocycles. The lowest BCUT2D eigenvalue weighted by Gasteiger charge is -2.32. The highest BCUT2D eigenvalue weighted by Gasteiger charge is 2.32. The fourth-order valence-electron chi connectivity index (χ4n) is 3.00. The average Bonchev–Trinajstić information content (AvgIpc) is 2.62. The van der Waals surface area contributed by atoms with Gasteiger partial charge in [-0.25, -0.2) is 8.42 Å². The Hall–Kier alpha value is -1.64. The fourth-order valence-corrected chi connectivity index (χ4v) is 4.69. The Morgan fingerprint density at radius 1 is 1.19 bits per heavy atom. The van der Waals surface area contributed by atoms with Crippen LogP contribution in [-0.4, -0.2) is 58.6 Å². The van der Waals surface area contributed by atoms with Crippen LogP contribution in [0.4, 0.5) is 0 Å². The summed E-state index contributed by atoms with van der Waals surface area (Å²) in [6, 6.07) is 3.42. The number of hydrogen-bond donors (Lipinski definition) is 1. The minimum absolute atomic E-state index is 0.00699. The lowest BCUT2D eigenvalue weighted by Crippen LogP contribution is -2.46. The Morgan fingerprint density at radius 3 is 2.38 bits per heavy atom. The summed E-state index contributed by atoms with van der Waals surface area (Å²) in [5.74, 6) is 0.298. The number of carbonyl (C=O) groups is 1. The van der Waals surface area contributed by atoms with Crippen molar-refractivity contribution in [2.45, 2.75) is 44.0 Å². The van der Waals surface area contributed by atoms with Gasteiger partial charge >= 0.3 is 0 Å². The normalized spacial score (nSPS) is 16.5. The number of methoxy groups -OCH3 is 2. The van der Waals surface area contributed by atoms with Crippen LogP contribution in [0.15, 0.2) is 17.0 Å². The van der Waals surface area contributed by atoms with Gasteiger partial charge in [-0.2, -0.15) is 4.31 Å². The molecule has 0 radical (unpaired) electrons. The van der Waals surface area contributed by atoms with Crippen LogP contribution in [0, 0.1) is 13.8 Å². The van der Waals surface area contributed by atoms with Crippen molar-refractivity contribution in [2.75, 3.05) is 33.9 Å². The van der Waals surface area contributed by atoms with Gasteiger partial charge in [0, 0.05) is 32.7 Å². The number of benzene rings is 1. The Morgan fingerprint density at radius 2 is 1.81 bits per heavy atom. The average molecular weight is 384 g/mol. The van der Waals surface area contributed by atoms with Crippen LogP contribution in [0.3, 0.4) is 0 Å². The van der Waals surface area contributed by atoms with E-state index in [1.165, 1.54) is 11.4 Å². The van der Waals surface area contributed by atoms with Gasteiger partial charge in [0.1, 0.15) is 10.6 Å². The molecule has 1 fully saturated rings. The van der Waals surface area contributed by atoms with Gasteiger partial charge in [0.15, 0.2) is 0 Å². The molecular weight excluding hydrogens is 356 g/mol. The lowest BCUT2D eigenvalue weighted by atomic mass is 10.1. The number of nitrogens with zero attached hydrogens (tertiary/aromatic N) is 1. The molecule has 0 bridgehead atoms. The third-order valence-corrected chi connectivity index (χ3v) is 6.67. The third-order valence-electron chi connectivity index (χ3n) is 4.75. The second-order valence-corrected chi connectivity index (χ2v) is 8.48. The molecule has 8 heteroatoms. The second kappa shape index (κ2) is 8.83. The first-order chi connectivity index (χ1) is 12.3. The summed E-state index contributed by atoms with van der Waals surface area (Å²) in [4.78, 5) is 12.0. The summed E-state index contributed by atoms with van der Waals surface area (Å²) in [7, 11) is -0.604. The van der Waals surface area contributed by atoms with Crippen LogP contribution in [0.2, 0.25) is 0 Å². The van der Waals surface area contributed by atoms with Crippen molar-refractivity contribution >= 4 is 15.9 Å². The standard InChI is InChI=1S/C18H28N2O5S/c1-13-11-16(25-4)17(12-14(13)2)26(22,23)20-8-5-15(6-9-20)19-18(21)7-10-24-3/h11-12,15H,5-10H2,1-4H3,(H,19,21). The summed E-state index contributed by atoms with van der Waals surface area (Å²) in [6.45, 7) is 4.93. The van der Waals surface area contributed by atoms with E-state index < -0.39 is 10.0 Å².